The Morgan fingerprint density at radius 3 is 1.79 bits per heavy atom. The summed E-state index contributed by atoms with van der Waals surface area (Å²) >= 11 is 9.68. The summed E-state index contributed by atoms with van der Waals surface area (Å²) in [6.07, 6.45) is 0. The van der Waals surface area contributed by atoms with Gasteiger partial charge in [-0.1, -0.05) is 108 Å². The van der Waals surface area contributed by atoms with Gasteiger partial charge in [-0.3, -0.25) is 4.79 Å². The zero-order valence-corrected chi connectivity index (χ0v) is 23.3. The normalized spacial score (nSPS) is 10.9. The highest BCUT2D eigenvalue weighted by atomic mass is 35.5. The van der Waals surface area contributed by atoms with Crippen LogP contribution in [0.25, 0.3) is 32.7 Å². The van der Waals surface area contributed by atoms with Gasteiger partial charge in [0.15, 0.2) is 5.78 Å². The number of thiophene rings is 1. The molecule has 0 spiro atoms. The highest BCUT2D eigenvalue weighted by Crippen LogP contribution is 2.45. The molecule has 6 rings (SSSR count). The van der Waals surface area contributed by atoms with Crippen molar-refractivity contribution in [1.29, 1.82) is 0 Å². The van der Waals surface area contributed by atoms with E-state index in [1.165, 1.54) is 32.7 Å². The van der Waals surface area contributed by atoms with Crippen LogP contribution in [-0.2, 0) is 0 Å². The number of benzene rings is 5. The number of hydrogen-bond donors (Lipinski definition) is 0. The second-order valence-electron chi connectivity index (χ2n) is 9.05. The van der Waals surface area contributed by atoms with Crippen molar-refractivity contribution in [2.45, 2.75) is 9.79 Å². The fourth-order valence-electron chi connectivity index (χ4n) is 4.58. The Morgan fingerprint density at radius 2 is 1.15 bits per heavy atom. The molecule has 188 valence electrons. The molecule has 39 heavy (non-hydrogen) atoms. The monoisotopic (exact) mass is 558 g/mol. The zero-order valence-electron chi connectivity index (χ0n) is 20.9. The summed E-state index contributed by atoms with van der Waals surface area (Å²) in [5, 5.41) is 2.74. The summed E-state index contributed by atoms with van der Waals surface area (Å²) in [5.41, 5.74) is 7.30. The molecule has 0 radical (unpaired) electrons. The summed E-state index contributed by atoms with van der Waals surface area (Å²) in [7, 11) is 0. The molecule has 0 bridgehead atoms. The van der Waals surface area contributed by atoms with Crippen LogP contribution in [-0.4, -0.2) is 5.78 Å². The van der Waals surface area contributed by atoms with Crippen LogP contribution in [0.3, 0.4) is 0 Å². The summed E-state index contributed by atoms with van der Waals surface area (Å²) in [6, 6.07) is 44.8. The Hall–Kier alpha value is -3.89. The van der Waals surface area contributed by atoms with Crippen LogP contribution >= 0.6 is 34.7 Å². The topological polar surface area (TPSA) is 17.1 Å². The van der Waals surface area contributed by atoms with Crippen LogP contribution in [0.15, 0.2) is 149 Å². The Morgan fingerprint density at radius 1 is 0.590 bits per heavy atom. The molecule has 0 saturated carbocycles. The Labute approximate surface area is 241 Å². The summed E-state index contributed by atoms with van der Waals surface area (Å²) < 4.78 is 0. The van der Waals surface area contributed by atoms with Crippen LogP contribution < -0.4 is 0 Å². The fourth-order valence-corrected chi connectivity index (χ4v) is 6.72. The second-order valence-corrected chi connectivity index (χ2v) is 11.5. The van der Waals surface area contributed by atoms with E-state index < -0.39 is 0 Å². The van der Waals surface area contributed by atoms with E-state index in [4.69, 9.17) is 11.6 Å². The molecule has 0 atom stereocenters. The van der Waals surface area contributed by atoms with Crippen LogP contribution in [0, 0.1) is 0 Å². The number of hydrogen-bond acceptors (Lipinski definition) is 3. The third-order valence-corrected chi connectivity index (χ3v) is 8.90. The summed E-state index contributed by atoms with van der Waals surface area (Å²) in [4.78, 5) is 16.3. The molecule has 0 N–H and O–H groups in total. The minimum absolute atomic E-state index is 0.0682. The lowest BCUT2D eigenvalue weighted by Gasteiger charge is -2.10. The number of carbonyl (C=O) groups excluding carboxylic acids is 1. The van der Waals surface area contributed by atoms with Crippen molar-refractivity contribution in [3.8, 4) is 32.7 Å². The Bertz CT molecular complexity index is 1720. The molecule has 1 nitrogen and oxygen atoms in total. The SMILES string of the molecule is O=C(c1ccc(Sc2ccc(-c3csc(-c4ccccc4)c3-c3ccccc3)cc2)cc1)c1ccccc1Cl. The highest BCUT2D eigenvalue weighted by Gasteiger charge is 2.17. The third-order valence-electron chi connectivity index (χ3n) is 6.53. The molecular weight excluding hydrogens is 536 g/mol. The maximum Gasteiger partial charge on any atom is 0.194 e. The van der Waals surface area contributed by atoms with Crippen molar-refractivity contribution in [2.75, 3.05) is 0 Å². The van der Waals surface area contributed by atoms with E-state index in [-0.39, 0.29) is 5.78 Å². The zero-order chi connectivity index (χ0) is 26.6. The van der Waals surface area contributed by atoms with E-state index in [1.807, 2.05) is 36.4 Å². The van der Waals surface area contributed by atoms with Gasteiger partial charge in [0.05, 0.1) is 5.02 Å². The molecule has 0 aliphatic heterocycles. The highest BCUT2D eigenvalue weighted by molar-refractivity contribution is 7.99. The number of halogens is 1. The molecule has 0 fully saturated rings. The van der Waals surface area contributed by atoms with Crippen LogP contribution in [0.1, 0.15) is 15.9 Å². The van der Waals surface area contributed by atoms with Gasteiger partial charge in [0, 0.05) is 36.9 Å². The number of rotatable bonds is 7. The van der Waals surface area contributed by atoms with Crippen LogP contribution in [0.2, 0.25) is 5.02 Å². The first-order chi connectivity index (χ1) is 19.2. The third kappa shape index (κ3) is 5.48. The molecule has 0 saturated heterocycles. The lowest BCUT2D eigenvalue weighted by molar-refractivity contribution is 0.103. The van der Waals surface area contributed by atoms with Crippen molar-refractivity contribution in [3.63, 3.8) is 0 Å². The van der Waals surface area contributed by atoms with Gasteiger partial charge in [-0.25, -0.2) is 0 Å². The van der Waals surface area contributed by atoms with Crippen LogP contribution in [0.4, 0.5) is 0 Å². The van der Waals surface area contributed by atoms with E-state index in [0.717, 1.165) is 9.79 Å². The smallest absolute Gasteiger partial charge is 0.194 e. The molecule has 4 heteroatoms. The predicted octanol–water partition coefficient (Wildman–Crippen LogP) is 10.8. The van der Waals surface area contributed by atoms with Crippen molar-refractivity contribution in [3.05, 3.63) is 155 Å². The van der Waals surface area contributed by atoms with Gasteiger partial charge in [-0.2, -0.15) is 0 Å². The maximum atomic E-state index is 12.8. The van der Waals surface area contributed by atoms with Gasteiger partial charge in [0.2, 0.25) is 0 Å². The summed E-state index contributed by atoms with van der Waals surface area (Å²) in [5.74, 6) is -0.0682. The van der Waals surface area contributed by atoms with E-state index >= 15 is 0 Å². The number of carbonyl (C=O) groups is 1. The lowest BCUT2D eigenvalue weighted by Crippen LogP contribution is -2.01. The molecule has 6 aromatic rings. The minimum Gasteiger partial charge on any atom is -0.289 e. The lowest BCUT2D eigenvalue weighted by atomic mass is 9.95. The molecular formula is C35H23ClOS2. The van der Waals surface area contributed by atoms with E-state index in [1.54, 1.807) is 35.2 Å². The number of ketones is 1. The van der Waals surface area contributed by atoms with Crippen molar-refractivity contribution >= 4 is 40.5 Å². The van der Waals surface area contributed by atoms with Crippen molar-refractivity contribution < 1.29 is 4.79 Å². The average Bonchev–Trinajstić information content (AvgIpc) is 3.44. The van der Waals surface area contributed by atoms with Gasteiger partial charge < -0.3 is 0 Å². The molecule has 0 amide bonds. The molecule has 0 aliphatic carbocycles. The minimum atomic E-state index is -0.0682. The molecule has 5 aromatic carbocycles. The van der Waals surface area contributed by atoms with E-state index in [9.17, 15) is 4.79 Å². The van der Waals surface area contributed by atoms with Gasteiger partial charge in [0.1, 0.15) is 0 Å². The first-order valence-electron chi connectivity index (χ1n) is 12.6. The molecule has 1 heterocycles. The Kier molecular flexibility index (Phi) is 7.46. The van der Waals surface area contributed by atoms with Gasteiger partial charge in [0.25, 0.3) is 0 Å². The second kappa shape index (κ2) is 11.5. The standard InChI is InChI=1S/C35H23ClOS2/c36-32-14-8-7-13-30(32)34(37)26-17-21-29(22-18-26)39-28-19-15-24(16-20-28)31-23-38-35(27-11-5-2-6-12-27)33(31)25-9-3-1-4-10-25/h1-23H. The van der Waals surface area contributed by atoms with Crippen molar-refractivity contribution in [1.82, 2.24) is 0 Å². The van der Waals surface area contributed by atoms with Crippen LogP contribution in [0.5, 0.6) is 0 Å². The largest absolute Gasteiger partial charge is 0.289 e. The van der Waals surface area contributed by atoms with Gasteiger partial charge >= 0.3 is 0 Å². The first-order valence-corrected chi connectivity index (χ1v) is 14.6. The molecule has 0 aliphatic rings. The Balaban J connectivity index is 1.25. The first kappa shape index (κ1) is 25.4. The van der Waals surface area contributed by atoms with E-state index in [2.05, 4.69) is 90.3 Å². The molecule has 0 unspecified atom stereocenters. The fraction of sp³-hybridized carbons (Fsp3) is 0. The average molecular weight is 559 g/mol. The van der Waals surface area contributed by atoms with Crippen molar-refractivity contribution in [2.24, 2.45) is 0 Å². The van der Waals surface area contributed by atoms with Gasteiger partial charge in [-0.05, 0) is 70.6 Å². The van der Waals surface area contributed by atoms with E-state index in [0.29, 0.717) is 16.1 Å². The summed E-state index contributed by atoms with van der Waals surface area (Å²) in [6.45, 7) is 0. The molecule has 1 aromatic heterocycles. The van der Waals surface area contributed by atoms with Gasteiger partial charge in [-0.15, -0.1) is 11.3 Å². The predicted molar refractivity (Wildman–Crippen MR) is 166 cm³/mol. The maximum absolute atomic E-state index is 12.8. The quantitative estimate of drug-likeness (QED) is 0.181.